The first kappa shape index (κ1) is 16.6. The minimum absolute atomic E-state index is 0.350. The first-order chi connectivity index (χ1) is 10.2. The molecule has 2 aliphatic rings. The maximum atomic E-state index is 5.64. The number of guanidine groups is 1. The van der Waals surface area contributed by atoms with Crippen LogP contribution in [0.2, 0.25) is 0 Å². The number of hydrogen-bond donors (Lipinski definition) is 2. The highest BCUT2D eigenvalue weighted by Crippen LogP contribution is 2.17. The standard InChI is InChI=1S/C16H32N4O/c1-13(2)15(20-8-4-5-9-20)12-19-16(17-3)18-11-14-7-6-10-21-14/h13-15H,4-12H2,1-3H3,(H2,17,18,19). The van der Waals surface area contributed by atoms with Crippen molar-refractivity contribution in [1.82, 2.24) is 15.5 Å². The van der Waals surface area contributed by atoms with Crippen LogP contribution in [0.25, 0.3) is 0 Å². The van der Waals surface area contributed by atoms with E-state index in [4.69, 9.17) is 4.74 Å². The van der Waals surface area contributed by atoms with Crippen LogP contribution in [0.4, 0.5) is 0 Å². The summed E-state index contributed by atoms with van der Waals surface area (Å²) in [4.78, 5) is 6.94. The fourth-order valence-electron chi connectivity index (χ4n) is 3.30. The molecule has 2 N–H and O–H groups in total. The molecule has 2 heterocycles. The second kappa shape index (κ2) is 8.59. The average Bonchev–Trinajstić information content (AvgIpc) is 3.15. The average molecular weight is 296 g/mol. The van der Waals surface area contributed by atoms with E-state index in [9.17, 15) is 0 Å². The maximum absolute atomic E-state index is 5.64. The lowest BCUT2D eigenvalue weighted by Gasteiger charge is -2.31. The summed E-state index contributed by atoms with van der Waals surface area (Å²) in [6.45, 7) is 9.83. The predicted molar refractivity (Wildman–Crippen MR) is 87.8 cm³/mol. The molecular weight excluding hydrogens is 264 g/mol. The molecule has 0 bridgehead atoms. The second-order valence-corrected chi connectivity index (χ2v) is 6.52. The van der Waals surface area contributed by atoms with Gasteiger partial charge in [-0.1, -0.05) is 13.8 Å². The number of nitrogens with zero attached hydrogens (tertiary/aromatic N) is 2. The summed E-state index contributed by atoms with van der Waals surface area (Å²) in [6.07, 6.45) is 5.38. The van der Waals surface area contributed by atoms with Crippen molar-refractivity contribution in [2.45, 2.75) is 51.7 Å². The zero-order chi connectivity index (χ0) is 15.1. The number of rotatable bonds is 6. The van der Waals surface area contributed by atoms with Crippen LogP contribution < -0.4 is 10.6 Å². The molecule has 21 heavy (non-hydrogen) atoms. The Labute approximate surface area is 129 Å². The quantitative estimate of drug-likeness (QED) is 0.575. The zero-order valence-corrected chi connectivity index (χ0v) is 13.9. The summed E-state index contributed by atoms with van der Waals surface area (Å²) in [5.41, 5.74) is 0. The summed E-state index contributed by atoms with van der Waals surface area (Å²) >= 11 is 0. The number of ether oxygens (including phenoxy) is 1. The molecule has 0 amide bonds. The van der Waals surface area contributed by atoms with Gasteiger partial charge in [-0.3, -0.25) is 9.89 Å². The van der Waals surface area contributed by atoms with Crippen molar-refractivity contribution >= 4 is 5.96 Å². The van der Waals surface area contributed by atoms with E-state index in [0.717, 1.165) is 32.1 Å². The van der Waals surface area contributed by atoms with Gasteiger partial charge in [-0.25, -0.2) is 0 Å². The summed E-state index contributed by atoms with van der Waals surface area (Å²) < 4.78 is 5.64. The van der Waals surface area contributed by atoms with Gasteiger partial charge in [0.15, 0.2) is 5.96 Å². The Morgan fingerprint density at radius 2 is 2.00 bits per heavy atom. The van der Waals surface area contributed by atoms with Crippen LogP contribution in [0.15, 0.2) is 4.99 Å². The minimum atomic E-state index is 0.350. The smallest absolute Gasteiger partial charge is 0.191 e. The molecule has 0 aromatic rings. The SMILES string of the molecule is CN=C(NCC1CCCO1)NCC(C(C)C)N1CCCC1. The van der Waals surface area contributed by atoms with E-state index < -0.39 is 0 Å². The molecule has 2 fully saturated rings. The fraction of sp³-hybridized carbons (Fsp3) is 0.938. The largest absolute Gasteiger partial charge is 0.376 e. The molecule has 0 radical (unpaired) electrons. The van der Waals surface area contributed by atoms with E-state index in [1.54, 1.807) is 0 Å². The molecule has 2 rings (SSSR count). The van der Waals surface area contributed by atoms with Crippen LogP contribution in [-0.4, -0.2) is 62.8 Å². The lowest BCUT2D eigenvalue weighted by Crippen LogP contribution is -2.49. The number of nitrogens with one attached hydrogen (secondary N) is 2. The number of likely N-dealkylation sites (tertiary alicyclic amines) is 1. The van der Waals surface area contributed by atoms with Gasteiger partial charge in [0, 0.05) is 32.8 Å². The molecule has 5 heteroatoms. The molecule has 2 unspecified atom stereocenters. The van der Waals surface area contributed by atoms with Crippen molar-refractivity contribution < 1.29 is 4.74 Å². The van der Waals surface area contributed by atoms with Gasteiger partial charge in [-0.2, -0.15) is 0 Å². The lowest BCUT2D eigenvalue weighted by atomic mass is 10.0. The zero-order valence-electron chi connectivity index (χ0n) is 13.9. The third kappa shape index (κ3) is 5.15. The van der Waals surface area contributed by atoms with Gasteiger partial charge >= 0.3 is 0 Å². The van der Waals surface area contributed by atoms with Gasteiger partial charge in [0.05, 0.1) is 6.10 Å². The van der Waals surface area contributed by atoms with Gasteiger partial charge in [0.2, 0.25) is 0 Å². The monoisotopic (exact) mass is 296 g/mol. The Morgan fingerprint density at radius 3 is 2.57 bits per heavy atom. The van der Waals surface area contributed by atoms with Crippen molar-refractivity contribution in [3.05, 3.63) is 0 Å². The third-order valence-corrected chi connectivity index (χ3v) is 4.60. The predicted octanol–water partition coefficient (Wildman–Crippen LogP) is 1.45. The van der Waals surface area contributed by atoms with E-state index in [0.29, 0.717) is 18.1 Å². The summed E-state index contributed by atoms with van der Waals surface area (Å²) in [6, 6.07) is 0.591. The van der Waals surface area contributed by atoms with Crippen molar-refractivity contribution in [3.8, 4) is 0 Å². The van der Waals surface area contributed by atoms with Crippen molar-refractivity contribution in [2.24, 2.45) is 10.9 Å². The van der Waals surface area contributed by atoms with E-state index in [-0.39, 0.29) is 0 Å². The van der Waals surface area contributed by atoms with Gasteiger partial charge in [0.1, 0.15) is 0 Å². The number of aliphatic imine (C=N–C) groups is 1. The molecular formula is C16H32N4O. The Balaban J connectivity index is 1.74. The maximum Gasteiger partial charge on any atom is 0.191 e. The topological polar surface area (TPSA) is 48.9 Å². The molecule has 0 aliphatic carbocycles. The number of hydrogen-bond acceptors (Lipinski definition) is 3. The fourth-order valence-corrected chi connectivity index (χ4v) is 3.30. The van der Waals surface area contributed by atoms with Crippen LogP contribution >= 0.6 is 0 Å². The highest BCUT2D eigenvalue weighted by molar-refractivity contribution is 5.79. The van der Waals surface area contributed by atoms with Crippen LogP contribution in [0.3, 0.4) is 0 Å². The molecule has 0 saturated carbocycles. The van der Waals surface area contributed by atoms with Gasteiger partial charge < -0.3 is 15.4 Å². The molecule has 2 aliphatic heterocycles. The molecule has 0 aromatic heterocycles. The van der Waals surface area contributed by atoms with Crippen molar-refractivity contribution in [1.29, 1.82) is 0 Å². The summed E-state index contributed by atoms with van der Waals surface area (Å²) in [5, 5.41) is 6.88. The third-order valence-electron chi connectivity index (χ3n) is 4.60. The first-order valence-electron chi connectivity index (χ1n) is 8.51. The van der Waals surface area contributed by atoms with Crippen molar-refractivity contribution in [3.63, 3.8) is 0 Å². The van der Waals surface area contributed by atoms with Gasteiger partial charge in [-0.05, 0) is 44.7 Å². The van der Waals surface area contributed by atoms with E-state index in [2.05, 4.69) is 34.4 Å². The molecule has 2 atom stereocenters. The normalized spacial score (nSPS) is 25.5. The van der Waals surface area contributed by atoms with Crippen molar-refractivity contribution in [2.75, 3.05) is 39.8 Å². The molecule has 5 nitrogen and oxygen atoms in total. The second-order valence-electron chi connectivity index (χ2n) is 6.52. The van der Waals surface area contributed by atoms with E-state index in [1.165, 1.54) is 32.4 Å². The molecule has 0 spiro atoms. The minimum Gasteiger partial charge on any atom is -0.376 e. The summed E-state index contributed by atoms with van der Waals surface area (Å²) in [7, 11) is 1.84. The van der Waals surface area contributed by atoms with Crippen LogP contribution in [-0.2, 0) is 4.74 Å². The Morgan fingerprint density at radius 1 is 1.24 bits per heavy atom. The summed E-state index contributed by atoms with van der Waals surface area (Å²) in [5.74, 6) is 1.56. The molecule has 0 aromatic carbocycles. The van der Waals surface area contributed by atoms with Gasteiger partial charge in [0.25, 0.3) is 0 Å². The highest BCUT2D eigenvalue weighted by Gasteiger charge is 2.24. The van der Waals surface area contributed by atoms with Crippen LogP contribution in [0, 0.1) is 5.92 Å². The van der Waals surface area contributed by atoms with E-state index >= 15 is 0 Å². The van der Waals surface area contributed by atoms with Gasteiger partial charge in [-0.15, -0.1) is 0 Å². The Hall–Kier alpha value is -0.810. The molecule has 2 saturated heterocycles. The van der Waals surface area contributed by atoms with E-state index in [1.807, 2.05) is 7.05 Å². The first-order valence-corrected chi connectivity index (χ1v) is 8.51. The van der Waals surface area contributed by atoms with Crippen LogP contribution in [0.1, 0.15) is 39.5 Å². The lowest BCUT2D eigenvalue weighted by molar-refractivity contribution is 0.113. The molecule has 122 valence electrons. The Kier molecular flexibility index (Phi) is 6.77. The van der Waals surface area contributed by atoms with Crippen LogP contribution in [0.5, 0.6) is 0 Å². The Bertz CT molecular complexity index is 320. The highest BCUT2D eigenvalue weighted by atomic mass is 16.5.